The lowest BCUT2D eigenvalue weighted by Gasteiger charge is -2.06. The van der Waals surface area contributed by atoms with Crippen LogP contribution < -0.4 is 15.4 Å². The van der Waals surface area contributed by atoms with Crippen molar-refractivity contribution in [1.82, 2.24) is 0 Å². The molecule has 0 saturated heterocycles. The van der Waals surface area contributed by atoms with Gasteiger partial charge in [0.25, 0.3) is 11.8 Å². The second kappa shape index (κ2) is 8.31. The van der Waals surface area contributed by atoms with Crippen LogP contribution in [-0.2, 0) is 0 Å². The Morgan fingerprint density at radius 3 is 2.37 bits per heavy atom. The summed E-state index contributed by atoms with van der Waals surface area (Å²) < 4.78 is 11.2. The Morgan fingerprint density at radius 2 is 1.63 bits per heavy atom. The average Bonchev–Trinajstić information content (AvgIpc) is 3.12. The first kappa shape index (κ1) is 19.5. The summed E-state index contributed by atoms with van der Waals surface area (Å²) in [5.41, 5.74) is 2.07. The largest absolute Gasteiger partial charge is 0.492 e. The van der Waals surface area contributed by atoms with Gasteiger partial charge in [0.1, 0.15) is 5.58 Å². The molecule has 0 aliphatic carbocycles. The first-order chi connectivity index (χ1) is 14.5. The van der Waals surface area contributed by atoms with E-state index in [1.54, 1.807) is 54.6 Å². The fourth-order valence-corrected chi connectivity index (χ4v) is 3.24. The highest BCUT2D eigenvalue weighted by molar-refractivity contribution is 6.31. The molecule has 2 amide bonds. The van der Waals surface area contributed by atoms with Crippen molar-refractivity contribution in [2.45, 2.75) is 0 Å². The van der Waals surface area contributed by atoms with Gasteiger partial charge in [0.15, 0.2) is 5.75 Å². The summed E-state index contributed by atoms with van der Waals surface area (Å²) in [4.78, 5) is 25.2. The molecule has 1 aromatic heterocycles. The normalized spacial score (nSPS) is 10.6. The van der Waals surface area contributed by atoms with Crippen LogP contribution in [0.5, 0.6) is 5.75 Å². The molecular formula is C23H17ClN2O4. The number of anilines is 2. The number of fused-ring (bicyclic) bond motifs is 1. The number of hydrogen-bond donors (Lipinski definition) is 2. The third kappa shape index (κ3) is 3.99. The molecule has 1 heterocycles. The number of rotatable bonds is 5. The van der Waals surface area contributed by atoms with E-state index in [1.165, 1.54) is 7.11 Å². The van der Waals surface area contributed by atoms with Gasteiger partial charge >= 0.3 is 0 Å². The standard InChI is InChI=1S/C23H17ClN2O4/c1-29-20-18-13-17(26-22(27)14-6-5-7-15(24)12-14)10-11-19(18)30-21(20)23(28)25-16-8-3-2-4-9-16/h2-13H,1H3,(H,25,28)(H,26,27). The summed E-state index contributed by atoms with van der Waals surface area (Å²) in [6.07, 6.45) is 0. The summed E-state index contributed by atoms with van der Waals surface area (Å²) in [5.74, 6) is -0.396. The number of amides is 2. The minimum atomic E-state index is -0.432. The summed E-state index contributed by atoms with van der Waals surface area (Å²) in [6, 6.07) is 20.8. The van der Waals surface area contributed by atoms with Crippen molar-refractivity contribution in [3.05, 3.63) is 89.1 Å². The molecule has 7 heteroatoms. The van der Waals surface area contributed by atoms with Crippen molar-refractivity contribution in [3.63, 3.8) is 0 Å². The monoisotopic (exact) mass is 420 g/mol. The minimum absolute atomic E-state index is 0.0506. The first-order valence-electron chi connectivity index (χ1n) is 9.09. The zero-order chi connectivity index (χ0) is 21.1. The zero-order valence-corrected chi connectivity index (χ0v) is 16.7. The smallest absolute Gasteiger partial charge is 0.295 e. The predicted molar refractivity (Wildman–Crippen MR) is 117 cm³/mol. The lowest BCUT2D eigenvalue weighted by atomic mass is 10.2. The molecule has 4 rings (SSSR count). The van der Waals surface area contributed by atoms with E-state index >= 15 is 0 Å². The second-order valence-corrected chi connectivity index (χ2v) is 6.90. The molecule has 30 heavy (non-hydrogen) atoms. The third-order valence-electron chi connectivity index (χ3n) is 4.43. The van der Waals surface area contributed by atoms with Crippen molar-refractivity contribution >= 4 is 45.8 Å². The number of para-hydroxylation sites is 1. The van der Waals surface area contributed by atoms with Gasteiger partial charge in [-0.2, -0.15) is 0 Å². The molecule has 0 radical (unpaired) electrons. The van der Waals surface area contributed by atoms with Crippen LogP contribution in [0.3, 0.4) is 0 Å². The predicted octanol–water partition coefficient (Wildman–Crippen LogP) is 5.60. The van der Waals surface area contributed by atoms with Crippen LogP contribution in [0.15, 0.2) is 77.2 Å². The molecule has 150 valence electrons. The van der Waals surface area contributed by atoms with E-state index in [0.29, 0.717) is 32.9 Å². The van der Waals surface area contributed by atoms with Gasteiger partial charge in [-0.3, -0.25) is 9.59 Å². The van der Waals surface area contributed by atoms with Crippen LogP contribution in [0.2, 0.25) is 5.02 Å². The molecule has 2 N–H and O–H groups in total. The number of halogens is 1. The highest BCUT2D eigenvalue weighted by Gasteiger charge is 2.22. The number of furan rings is 1. The molecule has 4 aromatic rings. The molecule has 0 fully saturated rings. The lowest BCUT2D eigenvalue weighted by molar-refractivity contribution is 0.0992. The first-order valence-corrected chi connectivity index (χ1v) is 9.47. The zero-order valence-electron chi connectivity index (χ0n) is 15.9. The number of carbonyl (C=O) groups excluding carboxylic acids is 2. The molecule has 3 aromatic carbocycles. The second-order valence-electron chi connectivity index (χ2n) is 6.46. The molecule has 0 unspecified atom stereocenters. The number of hydrogen-bond acceptors (Lipinski definition) is 4. The maximum atomic E-state index is 12.7. The quantitative estimate of drug-likeness (QED) is 0.440. The van der Waals surface area contributed by atoms with E-state index in [9.17, 15) is 9.59 Å². The van der Waals surface area contributed by atoms with Crippen LogP contribution >= 0.6 is 11.6 Å². The van der Waals surface area contributed by atoms with Crippen LogP contribution in [0, 0.1) is 0 Å². The van der Waals surface area contributed by atoms with Crippen molar-refractivity contribution in [3.8, 4) is 5.75 Å². The van der Waals surface area contributed by atoms with Gasteiger partial charge in [0, 0.05) is 22.0 Å². The van der Waals surface area contributed by atoms with Crippen LogP contribution in [0.1, 0.15) is 20.9 Å². The SMILES string of the molecule is COc1c(C(=O)Nc2ccccc2)oc2ccc(NC(=O)c3cccc(Cl)c3)cc12. The van der Waals surface area contributed by atoms with Gasteiger partial charge in [0.2, 0.25) is 5.76 Å². The van der Waals surface area contributed by atoms with Gasteiger partial charge in [-0.25, -0.2) is 0 Å². The van der Waals surface area contributed by atoms with Gasteiger partial charge in [-0.05, 0) is 48.5 Å². The van der Waals surface area contributed by atoms with Crippen LogP contribution in [0.25, 0.3) is 11.0 Å². The van der Waals surface area contributed by atoms with Gasteiger partial charge in [0.05, 0.1) is 12.5 Å². The molecule has 0 bridgehead atoms. The Hall–Kier alpha value is -3.77. The van der Waals surface area contributed by atoms with E-state index in [0.717, 1.165) is 0 Å². The summed E-state index contributed by atoms with van der Waals surface area (Å²) in [7, 11) is 1.46. The third-order valence-corrected chi connectivity index (χ3v) is 4.66. The number of ether oxygens (including phenoxy) is 1. The number of carbonyl (C=O) groups is 2. The minimum Gasteiger partial charge on any atom is -0.492 e. The molecule has 0 aliphatic heterocycles. The van der Waals surface area contributed by atoms with Gasteiger partial charge in [-0.1, -0.05) is 35.9 Å². The van der Waals surface area contributed by atoms with E-state index in [4.69, 9.17) is 20.8 Å². The van der Waals surface area contributed by atoms with Crippen molar-refractivity contribution in [2.24, 2.45) is 0 Å². The summed E-state index contributed by atoms with van der Waals surface area (Å²) in [5, 5.41) is 6.63. The molecule has 6 nitrogen and oxygen atoms in total. The Kier molecular flexibility index (Phi) is 5.41. The molecule has 0 aliphatic rings. The highest BCUT2D eigenvalue weighted by atomic mass is 35.5. The van der Waals surface area contributed by atoms with Crippen molar-refractivity contribution in [1.29, 1.82) is 0 Å². The fourth-order valence-electron chi connectivity index (χ4n) is 3.05. The maximum absolute atomic E-state index is 12.7. The van der Waals surface area contributed by atoms with E-state index in [2.05, 4.69) is 10.6 Å². The Bertz CT molecular complexity index is 1230. The summed E-state index contributed by atoms with van der Waals surface area (Å²) >= 11 is 5.95. The van der Waals surface area contributed by atoms with Gasteiger partial charge < -0.3 is 19.8 Å². The Balaban J connectivity index is 1.62. The van der Waals surface area contributed by atoms with E-state index in [1.807, 2.05) is 18.2 Å². The van der Waals surface area contributed by atoms with Gasteiger partial charge in [-0.15, -0.1) is 0 Å². The van der Waals surface area contributed by atoms with E-state index < -0.39 is 5.91 Å². The molecule has 0 spiro atoms. The average molecular weight is 421 g/mol. The number of benzene rings is 3. The molecule has 0 atom stereocenters. The highest BCUT2D eigenvalue weighted by Crippen LogP contribution is 2.35. The number of nitrogens with one attached hydrogen (secondary N) is 2. The summed E-state index contributed by atoms with van der Waals surface area (Å²) in [6.45, 7) is 0. The van der Waals surface area contributed by atoms with E-state index in [-0.39, 0.29) is 17.4 Å². The molecule has 0 saturated carbocycles. The Labute approximate surface area is 177 Å². The fraction of sp³-hybridized carbons (Fsp3) is 0.0435. The van der Waals surface area contributed by atoms with Crippen molar-refractivity contribution in [2.75, 3.05) is 17.7 Å². The maximum Gasteiger partial charge on any atom is 0.295 e. The Morgan fingerprint density at radius 1 is 0.867 bits per heavy atom. The van der Waals surface area contributed by atoms with Crippen LogP contribution in [0.4, 0.5) is 11.4 Å². The van der Waals surface area contributed by atoms with Crippen LogP contribution in [-0.4, -0.2) is 18.9 Å². The van der Waals surface area contributed by atoms with Crippen molar-refractivity contribution < 1.29 is 18.7 Å². The molecular weight excluding hydrogens is 404 g/mol. The lowest BCUT2D eigenvalue weighted by Crippen LogP contribution is -2.12. The number of methoxy groups -OCH3 is 1. The topological polar surface area (TPSA) is 80.6 Å².